The number of nitrogens with zero attached hydrogens (tertiary/aromatic N) is 3. The Hall–Kier alpha value is -2.35. The second-order valence-corrected chi connectivity index (χ2v) is 10.1. The first-order chi connectivity index (χ1) is 14.8. The highest BCUT2D eigenvalue weighted by molar-refractivity contribution is 7.92. The van der Waals surface area contributed by atoms with Gasteiger partial charge in [-0.05, 0) is 55.2 Å². The Morgan fingerprint density at radius 1 is 0.968 bits per heavy atom. The maximum atomic E-state index is 12.7. The van der Waals surface area contributed by atoms with Gasteiger partial charge in [0.15, 0.2) is 5.82 Å². The Bertz CT molecular complexity index is 1160. The summed E-state index contributed by atoms with van der Waals surface area (Å²) in [6.07, 6.45) is 2.34. The Labute approximate surface area is 192 Å². The monoisotopic (exact) mass is 476 g/mol. The minimum absolute atomic E-state index is 0.00758. The lowest BCUT2D eigenvalue weighted by Crippen LogP contribution is -2.33. The number of piperidine rings is 1. The summed E-state index contributed by atoms with van der Waals surface area (Å²) >= 11 is 12.0. The van der Waals surface area contributed by atoms with Crippen LogP contribution in [-0.2, 0) is 10.0 Å². The summed E-state index contributed by atoms with van der Waals surface area (Å²) in [5.74, 6) is 1.65. The molecule has 0 unspecified atom stereocenters. The molecule has 2 heterocycles. The van der Waals surface area contributed by atoms with Crippen molar-refractivity contribution in [2.45, 2.75) is 24.7 Å². The van der Waals surface area contributed by atoms with Crippen molar-refractivity contribution in [3.63, 3.8) is 0 Å². The maximum Gasteiger partial charge on any atom is 0.263 e. The van der Waals surface area contributed by atoms with Gasteiger partial charge in [0, 0.05) is 24.3 Å². The molecule has 1 fully saturated rings. The number of hydrogen-bond donors (Lipinski definition) is 1. The van der Waals surface area contributed by atoms with Crippen molar-refractivity contribution in [1.82, 2.24) is 10.2 Å². The van der Waals surface area contributed by atoms with Crippen LogP contribution in [0.2, 0.25) is 10.0 Å². The molecule has 0 amide bonds. The maximum absolute atomic E-state index is 12.7. The SMILES string of the molecule is CC1CCN(c2ccc(-c3ccc(NS(=O)(=O)c4cccc(Cl)c4Cl)cc3)nn2)CC1. The Morgan fingerprint density at radius 2 is 1.68 bits per heavy atom. The number of halogens is 2. The average molecular weight is 477 g/mol. The van der Waals surface area contributed by atoms with Crippen LogP contribution in [0.5, 0.6) is 0 Å². The fourth-order valence-corrected chi connectivity index (χ4v) is 5.32. The quantitative estimate of drug-likeness (QED) is 0.526. The fourth-order valence-electron chi connectivity index (χ4n) is 3.50. The van der Waals surface area contributed by atoms with E-state index >= 15 is 0 Å². The molecule has 0 radical (unpaired) electrons. The van der Waals surface area contributed by atoms with Crippen molar-refractivity contribution in [3.8, 4) is 11.3 Å². The molecule has 1 N–H and O–H groups in total. The Kier molecular flexibility index (Phi) is 6.36. The predicted molar refractivity (Wildman–Crippen MR) is 125 cm³/mol. The summed E-state index contributed by atoms with van der Waals surface area (Å²) < 4.78 is 27.8. The van der Waals surface area contributed by atoms with Gasteiger partial charge in [0.25, 0.3) is 10.0 Å². The Balaban J connectivity index is 1.47. The molecule has 0 saturated carbocycles. The van der Waals surface area contributed by atoms with Crippen LogP contribution in [0.15, 0.2) is 59.5 Å². The molecule has 6 nitrogen and oxygen atoms in total. The number of nitrogens with one attached hydrogen (secondary N) is 1. The zero-order chi connectivity index (χ0) is 22.0. The lowest BCUT2D eigenvalue weighted by atomic mass is 9.99. The predicted octanol–water partition coefficient (Wildman–Crippen LogP) is 5.49. The molecular formula is C22H22Cl2N4O2S. The van der Waals surface area contributed by atoms with E-state index < -0.39 is 10.0 Å². The number of anilines is 2. The van der Waals surface area contributed by atoms with E-state index in [4.69, 9.17) is 23.2 Å². The molecule has 1 saturated heterocycles. The summed E-state index contributed by atoms with van der Waals surface area (Å²) in [7, 11) is -3.87. The van der Waals surface area contributed by atoms with Crippen LogP contribution in [0.3, 0.4) is 0 Å². The number of benzene rings is 2. The van der Waals surface area contributed by atoms with Crippen molar-refractivity contribution in [2.75, 3.05) is 22.7 Å². The first kappa shape index (κ1) is 21.9. The fraction of sp³-hybridized carbons (Fsp3) is 0.273. The average Bonchev–Trinajstić information content (AvgIpc) is 2.76. The molecule has 1 aliphatic heterocycles. The van der Waals surface area contributed by atoms with Gasteiger partial charge in [0.2, 0.25) is 0 Å². The molecule has 3 aromatic rings. The molecule has 31 heavy (non-hydrogen) atoms. The van der Waals surface area contributed by atoms with Crippen molar-refractivity contribution < 1.29 is 8.42 Å². The van der Waals surface area contributed by atoms with E-state index in [9.17, 15) is 8.42 Å². The van der Waals surface area contributed by atoms with Gasteiger partial charge in [-0.1, -0.05) is 48.3 Å². The number of aromatic nitrogens is 2. The molecule has 0 spiro atoms. The van der Waals surface area contributed by atoms with Gasteiger partial charge in [-0.25, -0.2) is 8.42 Å². The van der Waals surface area contributed by atoms with Gasteiger partial charge in [0.05, 0.1) is 15.7 Å². The normalized spacial score (nSPS) is 15.1. The second-order valence-electron chi connectivity index (χ2n) is 7.68. The van der Waals surface area contributed by atoms with Gasteiger partial charge < -0.3 is 4.90 Å². The van der Waals surface area contributed by atoms with Crippen LogP contribution in [0, 0.1) is 5.92 Å². The molecule has 1 aromatic heterocycles. The highest BCUT2D eigenvalue weighted by atomic mass is 35.5. The smallest absolute Gasteiger partial charge is 0.263 e. The molecule has 4 rings (SSSR count). The Morgan fingerprint density at radius 3 is 2.32 bits per heavy atom. The largest absolute Gasteiger partial charge is 0.355 e. The number of hydrogen-bond acceptors (Lipinski definition) is 5. The van der Waals surface area contributed by atoms with E-state index in [1.54, 1.807) is 30.3 Å². The third kappa shape index (κ3) is 4.95. The molecule has 0 bridgehead atoms. The highest BCUT2D eigenvalue weighted by Crippen LogP contribution is 2.30. The molecule has 162 valence electrons. The van der Waals surface area contributed by atoms with E-state index in [-0.39, 0.29) is 14.9 Å². The second kappa shape index (κ2) is 9.02. The van der Waals surface area contributed by atoms with Gasteiger partial charge in [-0.15, -0.1) is 10.2 Å². The van der Waals surface area contributed by atoms with E-state index in [2.05, 4.69) is 26.7 Å². The van der Waals surface area contributed by atoms with Gasteiger partial charge >= 0.3 is 0 Å². The van der Waals surface area contributed by atoms with Crippen molar-refractivity contribution in [2.24, 2.45) is 5.92 Å². The molecule has 1 aliphatic rings. The van der Waals surface area contributed by atoms with Crippen LogP contribution in [0.4, 0.5) is 11.5 Å². The first-order valence-electron chi connectivity index (χ1n) is 9.99. The third-order valence-corrected chi connectivity index (χ3v) is 7.75. The highest BCUT2D eigenvalue weighted by Gasteiger charge is 2.20. The summed E-state index contributed by atoms with van der Waals surface area (Å²) in [5.41, 5.74) is 1.98. The summed E-state index contributed by atoms with van der Waals surface area (Å²) in [6, 6.07) is 15.3. The minimum atomic E-state index is -3.87. The topological polar surface area (TPSA) is 75.2 Å². The lowest BCUT2D eigenvalue weighted by molar-refractivity contribution is 0.436. The molecule has 2 aromatic carbocycles. The van der Waals surface area contributed by atoms with Crippen LogP contribution in [0.25, 0.3) is 11.3 Å². The van der Waals surface area contributed by atoms with Crippen molar-refractivity contribution in [1.29, 1.82) is 0 Å². The van der Waals surface area contributed by atoms with E-state index in [1.807, 2.05) is 12.1 Å². The van der Waals surface area contributed by atoms with E-state index in [0.717, 1.165) is 36.1 Å². The standard InChI is InChI=1S/C22H22Cl2N4O2S/c1-15-11-13-28(14-12-15)21-10-9-19(25-26-21)16-5-7-17(8-6-16)27-31(29,30)20-4-2-3-18(23)22(20)24/h2-10,15,27H,11-14H2,1H3. The van der Waals surface area contributed by atoms with Crippen LogP contribution in [-0.4, -0.2) is 31.7 Å². The summed E-state index contributed by atoms with van der Waals surface area (Å²) in [4.78, 5) is 2.19. The first-order valence-corrected chi connectivity index (χ1v) is 12.2. The summed E-state index contributed by atoms with van der Waals surface area (Å²) in [6.45, 7) is 4.28. The van der Waals surface area contributed by atoms with Gasteiger partial charge in [0.1, 0.15) is 4.90 Å². The van der Waals surface area contributed by atoms with Crippen LogP contribution < -0.4 is 9.62 Å². The number of rotatable bonds is 5. The van der Waals surface area contributed by atoms with Crippen molar-refractivity contribution in [3.05, 3.63) is 64.6 Å². The molecular weight excluding hydrogens is 455 g/mol. The van der Waals surface area contributed by atoms with E-state index in [0.29, 0.717) is 5.69 Å². The molecule has 0 aliphatic carbocycles. The minimum Gasteiger partial charge on any atom is -0.355 e. The zero-order valence-corrected chi connectivity index (χ0v) is 19.3. The van der Waals surface area contributed by atoms with Crippen LogP contribution >= 0.6 is 23.2 Å². The van der Waals surface area contributed by atoms with E-state index in [1.165, 1.54) is 25.0 Å². The van der Waals surface area contributed by atoms with Gasteiger partial charge in [-0.3, -0.25) is 4.72 Å². The third-order valence-electron chi connectivity index (χ3n) is 5.40. The molecule has 0 atom stereocenters. The van der Waals surface area contributed by atoms with Crippen LogP contribution in [0.1, 0.15) is 19.8 Å². The summed E-state index contributed by atoms with van der Waals surface area (Å²) in [5, 5.41) is 8.91. The molecule has 9 heteroatoms. The van der Waals surface area contributed by atoms with Gasteiger partial charge in [-0.2, -0.15) is 0 Å². The zero-order valence-electron chi connectivity index (χ0n) is 16.9. The van der Waals surface area contributed by atoms with Crippen molar-refractivity contribution >= 4 is 44.7 Å². The lowest BCUT2D eigenvalue weighted by Gasteiger charge is -2.30. The number of sulfonamides is 1.